The second-order valence-corrected chi connectivity index (χ2v) is 24.5. The average molecular weight is 1150 g/mol. The molecule has 5 nitrogen and oxygen atoms in total. The van der Waals surface area contributed by atoms with Crippen LogP contribution >= 0.6 is 0 Å². The maximum absolute atomic E-state index is 2.32. The van der Waals surface area contributed by atoms with Crippen molar-refractivity contribution in [2.24, 2.45) is 35.2 Å². The number of nitrogens with zero attached hydrogens (tertiary/aromatic N) is 5. The Balaban J connectivity index is 0.000000172. The number of benzene rings is 5. The zero-order valence-electron chi connectivity index (χ0n) is 57.6. The van der Waals surface area contributed by atoms with Crippen LogP contribution in [0.25, 0.3) is 56.3 Å². The summed E-state index contributed by atoms with van der Waals surface area (Å²) in [4.78, 5) is 0. The molecule has 0 fully saturated rings. The SMILES string of the molecule is Cc1cc(-c2cccc[n+]2C)c(C)c(C)c1C.Cc1cc(C)c(-c2cccc[n+]2C)c(C)c1C.Cc1cc(C)c(-c2cccc[n+]2C)c(C)c1C.Cc1cc(C)c(C)c(-c2cccc[n+]2C)c1C.Cc1ccccc1-c1c(C)c(C)c(C)c(C)[n+]1C. The summed E-state index contributed by atoms with van der Waals surface area (Å²) in [5.74, 6) is 0. The first kappa shape index (κ1) is 67.0. The summed E-state index contributed by atoms with van der Waals surface area (Å²) in [6.07, 6.45) is 8.40. The van der Waals surface area contributed by atoms with Crippen LogP contribution in [0.4, 0.5) is 0 Å². The smallest absolute Gasteiger partial charge is 0.201 e. The van der Waals surface area contributed by atoms with Crippen LogP contribution in [0, 0.1) is 145 Å². The molecule has 10 aromatic rings. The number of aromatic nitrogens is 5. The molecule has 446 valence electrons. The van der Waals surface area contributed by atoms with Crippen molar-refractivity contribution >= 4 is 0 Å². The standard InChI is InChI=1S/C17H22N.4C16H20N/c1-11-9-7-8-10-16(11)17-14(4)12(2)13(3)15(5)18(17)6;1-11-10-15(14(4)13(3)12(11)2)16-8-6-7-9-17(16)5;2*1-11-10-12(2)16(14(4)13(11)3)15-8-6-7-9-17(15)5;1-11-10-12(2)14(4)16(13(11)3)15-8-6-7-9-17(15)5/h7-10H,1-6H3;4*6-10H,1-5H3/q5*+1. The summed E-state index contributed by atoms with van der Waals surface area (Å²) in [5.41, 5.74) is 42.2. The van der Waals surface area contributed by atoms with E-state index in [1.165, 1.54) is 173 Å². The molecule has 0 aliphatic rings. The van der Waals surface area contributed by atoms with E-state index in [9.17, 15) is 0 Å². The third-order valence-corrected chi connectivity index (χ3v) is 19.1. The van der Waals surface area contributed by atoms with E-state index in [4.69, 9.17) is 0 Å². The molecule has 86 heavy (non-hydrogen) atoms. The molecule has 5 heteroatoms. The van der Waals surface area contributed by atoms with Gasteiger partial charge in [-0.05, 0) is 275 Å². The molecular formula is C81H102N5+5. The highest BCUT2D eigenvalue weighted by Crippen LogP contribution is 2.33. The number of hydrogen-bond acceptors (Lipinski definition) is 0. The summed E-state index contributed by atoms with van der Waals surface area (Å²) >= 11 is 0. The van der Waals surface area contributed by atoms with Gasteiger partial charge < -0.3 is 0 Å². The Kier molecular flexibility index (Phi) is 22.5. The number of hydrogen-bond donors (Lipinski definition) is 0. The summed E-state index contributed by atoms with van der Waals surface area (Å²) in [6, 6.07) is 43.1. The molecule has 0 N–H and O–H groups in total. The van der Waals surface area contributed by atoms with Gasteiger partial charge in [0.25, 0.3) is 0 Å². The highest BCUT2D eigenvalue weighted by molar-refractivity contribution is 5.71. The molecule has 0 radical (unpaired) electrons. The topological polar surface area (TPSA) is 19.4 Å². The predicted octanol–water partition coefficient (Wildman–Crippen LogP) is 17.4. The summed E-state index contributed by atoms with van der Waals surface area (Å²) in [5, 5.41) is 0. The normalized spacial score (nSPS) is 10.7. The van der Waals surface area contributed by atoms with Gasteiger partial charge in [-0.1, -0.05) is 36.4 Å². The van der Waals surface area contributed by atoms with Crippen molar-refractivity contribution in [3.63, 3.8) is 0 Å². The largest absolute Gasteiger partial charge is 0.215 e. The van der Waals surface area contributed by atoms with Gasteiger partial charge in [-0.25, -0.2) is 18.3 Å². The van der Waals surface area contributed by atoms with Crippen LogP contribution < -0.4 is 22.8 Å². The van der Waals surface area contributed by atoms with Crippen molar-refractivity contribution in [3.8, 4) is 56.3 Å². The Morgan fingerprint density at radius 3 is 0.953 bits per heavy atom. The molecule has 0 saturated heterocycles. The van der Waals surface area contributed by atoms with Crippen LogP contribution in [-0.4, -0.2) is 0 Å². The molecule has 5 aromatic heterocycles. The van der Waals surface area contributed by atoms with Crippen molar-refractivity contribution in [1.82, 2.24) is 0 Å². The number of aryl methyl sites for hydroxylation is 12. The summed E-state index contributed by atoms with van der Waals surface area (Å²) in [7, 11) is 10.6. The highest BCUT2D eigenvalue weighted by atomic mass is 15.0. The Morgan fingerprint density at radius 2 is 0.547 bits per heavy atom. The van der Waals surface area contributed by atoms with E-state index < -0.39 is 0 Å². The number of pyridine rings is 5. The molecule has 0 unspecified atom stereocenters. The Morgan fingerprint density at radius 1 is 0.221 bits per heavy atom. The summed E-state index contributed by atoms with van der Waals surface area (Å²) in [6.45, 7) is 46.3. The average Bonchev–Trinajstić information content (AvgIpc) is 3.05. The minimum Gasteiger partial charge on any atom is -0.201 e. The molecule has 0 aliphatic heterocycles. The Hall–Kier alpha value is -8.15. The van der Waals surface area contributed by atoms with Crippen molar-refractivity contribution in [1.29, 1.82) is 0 Å². The number of rotatable bonds is 5. The predicted molar refractivity (Wildman–Crippen MR) is 365 cm³/mol. The minimum absolute atomic E-state index is 1.27. The van der Waals surface area contributed by atoms with Gasteiger partial charge >= 0.3 is 0 Å². The second-order valence-electron chi connectivity index (χ2n) is 24.5. The third-order valence-electron chi connectivity index (χ3n) is 19.1. The molecule has 5 aromatic carbocycles. The fraction of sp³-hybridized carbons (Fsp3) is 0.321. The maximum atomic E-state index is 2.32. The van der Waals surface area contributed by atoms with Gasteiger partial charge in [-0.3, -0.25) is 0 Å². The Bertz CT molecular complexity index is 3950. The van der Waals surface area contributed by atoms with E-state index in [1.807, 2.05) is 0 Å². The van der Waals surface area contributed by atoms with Crippen molar-refractivity contribution < 1.29 is 22.8 Å². The lowest BCUT2D eigenvalue weighted by Gasteiger charge is -2.13. The summed E-state index contributed by atoms with van der Waals surface area (Å²) < 4.78 is 11.1. The minimum atomic E-state index is 1.27. The molecule has 0 bridgehead atoms. The van der Waals surface area contributed by atoms with Crippen LogP contribution in [0.1, 0.15) is 117 Å². The van der Waals surface area contributed by atoms with E-state index in [-0.39, 0.29) is 0 Å². The monoisotopic (exact) mass is 1140 g/mol. The lowest BCUT2D eigenvalue weighted by molar-refractivity contribution is -0.667. The molecule has 0 spiro atoms. The molecule has 0 aliphatic carbocycles. The molecule has 10 rings (SSSR count). The van der Waals surface area contributed by atoms with Gasteiger partial charge in [0.15, 0.2) is 30.5 Å². The molecule has 0 amide bonds. The van der Waals surface area contributed by atoms with Gasteiger partial charge in [-0.15, -0.1) is 0 Å². The Labute approximate surface area is 520 Å². The van der Waals surface area contributed by atoms with Crippen molar-refractivity contribution in [2.75, 3.05) is 0 Å². The van der Waals surface area contributed by atoms with Crippen LogP contribution in [0.2, 0.25) is 0 Å². The fourth-order valence-corrected chi connectivity index (χ4v) is 12.2. The van der Waals surface area contributed by atoms with Crippen molar-refractivity contribution in [2.45, 2.75) is 145 Å². The first-order chi connectivity index (χ1) is 40.5. The zero-order valence-corrected chi connectivity index (χ0v) is 57.6. The van der Waals surface area contributed by atoms with Gasteiger partial charge in [0.1, 0.15) is 35.2 Å². The van der Waals surface area contributed by atoms with Crippen molar-refractivity contribution in [3.05, 3.63) is 263 Å². The first-order valence-corrected chi connectivity index (χ1v) is 30.7. The molecule has 5 heterocycles. The van der Waals surface area contributed by atoms with Crippen LogP contribution in [0.3, 0.4) is 0 Å². The third kappa shape index (κ3) is 14.6. The van der Waals surface area contributed by atoms with Crippen LogP contribution in [0.5, 0.6) is 0 Å². The van der Waals surface area contributed by atoms with Crippen LogP contribution in [-0.2, 0) is 35.2 Å². The second kappa shape index (κ2) is 28.8. The lowest BCUT2D eigenvalue weighted by Crippen LogP contribution is -2.37. The van der Waals surface area contributed by atoms with Crippen LogP contribution in [0.15, 0.2) is 146 Å². The lowest BCUT2D eigenvalue weighted by atomic mass is 9.92. The quantitative estimate of drug-likeness (QED) is 0.153. The molecular weight excluding hydrogens is 1040 g/mol. The highest BCUT2D eigenvalue weighted by Gasteiger charge is 2.24. The van der Waals surface area contributed by atoms with E-state index >= 15 is 0 Å². The van der Waals surface area contributed by atoms with E-state index in [1.54, 1.807) is 0 Å². The van der Waals surface area contributed by atoms with Gasteiger partial charge in [0, 0.05) is 77.7 Å². The van der Waals surface area contributed by atoms with E-state index in [2.05, 4.69) is 350 Å². The maximum Gasteiger partial charge on any atom is 0.215 e. The molecule has 0 atom stereocenters. The molecule has 0 saturated carbocycles. The van der Waals surface area contributed by atoms with Gasteiger partial charge in [0.2, 0.25) is 28.5 Å². The first-order valence-electron chi connectivity index (χ1n) is 30.7. The zero-order chi connectivity index (χ0) is 63.8. The van der Waals surface area contributed by atoms with E-state index in [0.29, 0.717) is 0 Å². The fourth-order valence-electron chi connectivity index (χ4n) is 12.2. The van der Waals surface area contributed by atoms with Gasteiger partial charge in [0.05, 0.1) is 16.7 Å². The van der Waals surface area contributed by atoms with Gasteiger partial charge in [-0.2, -0.15) is 4.57 Å². The van der Waals surface area contributed by atoms with E-state index in [0.717, 1.165) is 0 Å².